The van der Waals surface area contributed by atoms with Crippen molar-refractivity contribution in [1.82, 2.24) is 4.90 Å². The first-order chi connectivity index (χ1) is 10.4. The quantitative estimate of drug-likeness (QED) is 0.800. The van der Waals surface area contributed by atoms with Crippen molar-refractivity contribution in [2.45, 2.75) is 70.2 Å². The van der Waals surface area contributed by atoms with Gasteiger partial charge in [0.1, 0.15) is 5.82 Å². The van der Waals surface area contributed by atoms with Crippen LogP contribution in [0.4, 0.5) is 9.18 Å². The maximum Gasteiger partial charge on any atom is 0.352 e. The molecule has 1 aromatic carbocycles. The average Bonchev–Trinajstić information content (AvgIpc) is 2.36. The number of carbonyl (C=O) groups excluding carboxylic acids is 1. The summed E-state index contributed by atoms with van der Waals surface area (Å²) in [5, 5.41) is 0. The number of amides is 2. The van der Waals surface area contributed by atoms with Crippen LogP contribution in [-0.4, -0.2) is 32.0 Å². The molecule has 0 aliphatic rings. The number of urea groups is 1. The number of carbonyl (C=O) groups is 1. The molecule has 0 bridgehead atoms. The maximum atomic E-state index is 13.5. The summed E-state index contributed by atoms with van der Waals surface area (Å²) in [5.74, 6) is -0.415. The Bertz CT molecular complexity index is 659. The largest absolute Gasteiger partial charge is 0.352 e. The maximum absolute atomic E-state index is 13.5. The highest BCUT2D eigenvalue weighted by Gasteiger charge is 2.32. The van der Waals surface area contributed by atoms with E-state index < -0.39 is 26.3 Å². The summed E-state index contributed by atoms with van der Waals surface area (Å²) in [6, 6.07) is 4.75. The predicted molar refractivity (Wildman–Crippen MR) is 92.5 cm³/mol. The molecule has 4 nitrogen and oxygen atoms in total. The van der Waals surface area contributed by atoms with E-state index in [0.29, 0.717) is 4.90 Å². The van der Waals surface area contributed by atoms with Gasteiger partial charge in [0.25, 0.3) is 0 Å². The summed E-state index contributed by atoms with van der Waals surface area (Å²) < 4.78 is 30.1. The van der Waals surface area contributed by atoms with E-state index >= 15 is 0 Å². The fourth-order valence-corrected chi connectivity index (χ4v) is 4.26. The molecule has 6 heteroatoms. The Balaban J connectivity index is 3.51. The van der Waals surface area contributed by atoms with Crippen LogP contribution in [0, 0.1) is 5.82 Å². The summed E-state index contributed by atoms with van der Waals surface area (Å²) in [6.07, 6.45) is 0. The molecule has 0 radical (unpaired) electrons. The van der Waals surface area contributed by atoms with Gasteiger partial charge in [0.05, 0.1) is 14.5 Å². The van der Waals surface area contributed by atoms with Crippen LogP contribution in [0.25, 0.3) is 0 Å². The molecule has 1 atom stereocenters. The minimum absolute atomic E-state index is 0.0527. The second kappa shape index (κ2) is 6.99. The normalized spacial score (nSPS) is 14.7. The zero-order valence-electron chi connectivity index (χ0n) is 15.0. The van der Waals surface area contributed by atoms with Crippen molar-refractivity contribution in [3.63, 3.8) is 0 Å². The van der Waals surface area contributed by atoms with Crippen LogP contribution >= 0.6 is 0 Å². The number of hydrogen-bond donors (Lipinski definition) is 0. The molecule has 0 saturated heterocycles. The Morgan fingerprint density at radius 2 is 1.52 bits per heavy atom. The third-order valence-electron chi connectivity index (χ3n) is 3.50. The van der Waals surface area contributed by atoms with E-state index in [1.165, 1.54) is 24.3 Å². The van der Waals surface area contributed by atoms with E-state index in [2.05, 4.69) is 4.36 Å². The third-order valence-corrected chi connectivity index (χ3v) is 6.49. The molecule has 0 unspecified atom stereocenters. The number of halogens is 1. The van der Waals surface area contributed by atoms with Crippen molar-refractivity contribution < 1.29 is 13.4 Å². The second-order valence-corrected chi connectivity index (χ2v) is 9.99. The van der Waals surface area contributed by atoms with Gasteiger partial charge in [-0.2, -0.15) is 0 Å². The third kappa shape index (κ3) is 4.31. The molecule has 0 aromatic heterocycles. The molecule has 0 fully saturated rings. The first-order valence-corrected chi connectivity index (χ1v) is 9.26. The molecule has 130 valence electrons. The average molecular weight is 342 g/mol. The highest BCUT2D eigenvalue weighted by molar-refractivity contribution is 7.95. The molecular formula is C17H27FN2O2S. The van der Waals surface area contributed by atoms with Gasteiger partial charge in [-0.05, 0) is 72.7 Å². The fourth-order valence-electron chi connectivity index (χ4n) is 2.36. The van der Waals surface area contributed by atoms with Crippen LogP contribution in [0.3, 0.4) is 0 Å². The molecule has 1 rings (SSSR count). The molecule has 0 aliphatic carbocycles. The molecule has 1 aromatic rings. The van der Waals surface area contributed by atoms with Gasteiger partial charge in [-0.25, -0.2) is 13.4 Å². The molecule has 0 spiro atoms. The van der Waals surface area contributed by atoms with E-state index in [1.54, 1.807) is 25.7 Å². The van der Waals surface area contributed by atoms with E-state index in [1.807, 2.05) is 27.7 Å². The predicted octanol–water partition coefficient (Wildman–Crippen LogP) is 4.69. The minimum atomic E-state index is -3.04. The molecule has 23 heavy (non-hydrogen) atoms. The van der Waals surface area contributed by atoms with Crippen LogP contribution in [0.2, 0.25) is 0 Å². The van der Waals surface area contributed by atoms with Crippen molar-refractivity contribution in [1.29, 1.82) is 0 Å². The van der Waals surface area contributed by atoms with E-state index in [9.17, 15) is 13.4 Å². The Morgan fingerprint density at radius 1 is 1.09 bits per heavy atom. The van der Waals surface area contributed by atoms with Gasteiger partial charge in [-0.3, -0.25) is 0 Å². The standard InChI is InChI=1S/C17H27FN2O2S/c1-12(2)20(13(3)4)16(21)19-23(22,17(5,6)7)15-10-8-14(18)9-11-15/h8-13H,1-7H3/t23-/m0/s1. The molecule has 0 aliphatic heterocycles. The van der Waals surface area contributed by atoms with E-state index in [0.717, 1.165) is 0 Å². The lowest BCUT2D eigenvalue weighted by molar-refractivity contribution is 0.175. The van der Waals surface area contributed by atoms with Gasteiger partial charge in [0, 0.05) is 17.0 Å². The summed E-state index contributed by atoms with van der Waals surface area (Å²) in [4.78, 5) is 14.6. The first kappa shape index (κ1) is 19.6. The topological polar surface area (TPSA) is 49.7 Å². The van der Waals surface area contributed by atoms with Crippen LogP contribution in [0.5, 0.6) is 0 Å². The van der Waals surface area contributed by atoms with E-state index in [-0.39, 0.29) is 12.1 Å². The zero-order valence-corrected chi connectivity index (χ0v) is 15.8. The monoisotopic (exact) mass is 342 g/mol. The Morgan fingerprint density at radius 3 is 1.87 bits per heavy atom. The van der Waals surface area contributed by atoms with Gasteiger partial charge in [-0.1, -0.05) is 0 Å². The van der Waals surface area contributed by atoms with Crippen molar-refractivity contribution >= 4 is 15.8 Å². The lowest BCUT2D eigenvalue weighted by Crippen LogP contribution is -2.41. The number of benzene rings is 1. The van der Waals surface area contributed by atoms with Crippen LogP contribution in [-0.2, 0) is 9.73 Å². The van der Waals surface area contributed by atoms with Gasteiger partial charge in [-0.15, -0.1) is 4.36 Å². The Hall–Kier alpha value is -1.43. The van der Waals surface area contributed by atoms with Gasteiger partial charge >= 0.3 is 6.03 Å². The number of hydrogen-bond acceptors (Lipinski definition) is 2. The molecule has 0 heterocycles. The zero-order chi connectivity index (χ0) is 18.0. The lowest BCUT2D eigenvalue weighted by atomic mass is 10.2. The van der Waals surface area contributed by atoms with Crippen molar-refractivity contribution in [3.8, 4) is 0 Å². The first-order valence-electron chi connectivity index (χ1n) is 7.74. The SMILES string of the molecule is CC(C)N(C(=O)N=[S@](=O)(c1ccc(F)cc1)C(C)(C)C)C(C)C. The summed E-state index contributed by atoms with van der Waals surface area (Å²) in [6.45, 7) is 12.9. The summed E-state index contributed by atoms with van der Waals surface area (Å²) in [5.41, 5.74) is 0. The lowest BCUT2D eigenvalue weighted by Gasteiger charge is -2.30. The van der Waals surface area contributed by atoms with Crippen LogP contribution in [0.1, 0.15) is 48.5 Å². The molecule has 2 amide bonds. The molecule has 0 saturated carbocycles. The van der Waals surface area contributed by atoms with Gasteiger partial charge < -0.3 is 4.90 Å². The van der Waals surface area contributed by atoms with Gasteiger partial charge in [0.15, 0.2) is 0 Å². The Kier molecular flexibility index (Phi) is 5.96. The Labute approximate surface area is 139 Å². The van der Waals surface area contributed by atoms with Crippen LogP contribution < -0.4 is 0 Å². The van der Waals surface area contributed by atoms with Crippen molar-refractivity contribution in [2.24, 2.45) is 4.36 Å². The summed E-state index contributed by atoms with van der Waals surface area (Å²) >= 11 is 0. The highest BCUT2D eigenvalue weighted by atomic mass is 32.2. The molecule has 0 N–H and O–H groups in total. The van der Waals surface area contributed by atoms with Gasteiger partial charge in [0.2, 0.25) is 0 Å². The van der Waals surface area contributed by atoms with Crippen LogP contribution in [0.15, 0.2) is 33.5 Å². The minimum Gasteiger partial charge on any atom is -0.318 e. The number of nitrogens with zero attached hydrogens (tertiary/aromatic N) is 2. The van der Waals surface area contributed by atoms with E-state index in [4.69, 9.17) is 0 Å². The molecular weight excluding hydrogens is 315 g/mol. The highest BCUT2D eigenvalue weighted by Crippen LogP contribution is 2.28. The second-order valence-electron chi connectivity index (χ2n) is 7.06. The fraction of sp³-hybridized carbons (Fsp3) is 0.588. The van der Waals surface area contributed by atoms with Crippen molar-refractivity contribution in [2.75, 3.05) is 0 Å². The van der Waals surface area contributed by atoms with Crippen molar-refractivity contribution in [3.05, 3.63) is 30.1 Å². The summed E-state index contributed by atoms with van der Waals surface area (Å²) in [7, 11) is -3.04. The smallest absolute Gasteiger partial charge is 0.318 e. The number of rotatable bonds is 3.